The van der Waals surface area contributed by atoms with E-state index in [1.165, 1.54) is 6.07 Å². The summed E-state index contributed by atoms with van der Waals surface area (Å²) in [6, 6.07) is 5.53. The van der Waals surface area contributed by atoms with Crippen LogP contribution in [0.5, 0.6) is 5.75 Å². The number of rotatable bonds is 5. The van der Waals surface area contributed by atoms with E-state index in [-0.39, 0.29) is 5.69 Å². The second kappa shape index (κ2) is 5.92. The fourth-order valence-corrected chi connectivity index (χ4v) is 2.85. The monoisotopic (exact) mass is 311 g/mol. The van der Waals surface area contributed by atoms with Gasteiger partial charge in [-0.1, -0.05) is 12.1 Å². The maximum Gasteiger partial charge on any atom is 0.347 e. The van der Waals surface area contributed by atoms with Gasteiger partial charge in [0.05, 0.1) is 12.3 Å². The summed E-state index contributed by atoms with van der Waals surface area (Å²) in [4.78, 5) is 25.7. The number of hydrogen-bond acceptors (Lipinski definition) is 5. The van der Waals surface area contributed by atoms with Crippen LogP contribution >= 0.6 is 0 Å². The Morgan fingerprint density at radius 1 is 1.33 bits per heavy atom. The number of aliphatic imine (C=N–C) groups is 1. The maximum atomic E-state index is 12.2. The Balaban J connectivity index is 2.28. The quantitative estimate of drug-likeness (QED) is 0.822. The lowest BCUT2D eigenvalue weighted by Gasteiger charge is -2.18. The van der Waals surface area contributed by atoms with Crippen molar-refractivity contribution in [1.29, 1.82) is 0 Å². The van der Waals surface area contributed by atoms with Crippen LogP contribution in [0.1, 0.15) is 6.92 Å². The summed E-state index contributed by atoms with van der Waals surface area (Å²) >= 11 is 0. The minimum Gasteiger partial charge on any atom is -0.492 e. The molecule has 112 valence electrons. The van der Waals surface area contributed by atoms with E-state index in [0.717, 1.165) is 6.21 Å². The van der Waals surface area contributed by atoms with Crippen LogP contribution in [0.3, 0.4) is 0 Å². The molecule has 1 aliphatic rings. The van der Waals surface area contributed by atoms with E-state index in [9.17, 15) is 18.0 Å². The Morgan fingerprint density at radius 2 is 2.05 bits per heavy atom. The molecule has 0 spiro atoms. The summed E-state index contributed by atoms with van der Waals surface area (Å²) in [6.45, 7) is 2.12. The number of imide groups is 1. The van der Waals surface area contributed by atoms with Crippen LogP contribution in [0.4, 0.5) is 10.5 Å². The van der Waals surface area contributed by atoms with Gasteiger partial charge in [0.15, 0.2) is 5.25 Å². The fourth-order valence-electron chi connectivity index (χ4n) is 1.68. The van der Waals surface area contributed by atoms with Crippen molar-refractivity contribution in [1.82, 2.24) is 5.32 Å². The first kappa shape index (κ1) is 15.0. The summed E-state index contributed by atoms with van der Waals surface area (Å²) in [5.41, 5.74) is 0.206. The van der Waals surface area contributed by atoms with E-state index >= 15 is 0 Å². The van der Waals surface area contributed by atoms with E-state index in [0.29, 0.717) is 12.4 Å². The number of urea groups is 1. The second-order valence-corrected chi connectivity index (χ2v) is 5.87. The average molecular weight is 311 g/mol. The van der Waals surface area contributed by atoms with Crippen LogP contribution in [0.15, 0.2) is 29.3 Å². The van der Waals surface area contributed by atoms with Crippen LogP contribution in [-0.4, -0.2) is 38.4 Å². The first-order valence-electron chi connectivity index (χ1n) is 6.06. The molecule has 0 saturated heterocycles. The number of nitrogens with one attached hydrogen (secondary N) is 2. The SMILES string of the molecule is CCOc1ccccc1NS(=O)(=O)C1C=NC(=O)NC1=O. The van der Waals surface area contributed by atoms with E-state index in [1.807, 2.05) is 5.32 Å². The molecule has 2 rings (SSSR count). The van der Waals surface area contributed by atoms with Crippen LogP contribution in [-0.2, 0) is 14.8 Å². The molecule has 0 saturated carbocycles. The van der Waals surface area contributed by atoms with E-state index in [4.69, 9.17) is 4.74 Å². The zero-order valence-corrected chi connectivity index (χ0v) is 11.9. The van der Waals surface area contributed by atoms with E-state index < -0.39 is 27.2 Å². The van der Waals surface area contributed by atoms with Crippen LogP contribution in [0.2, 0.25) is 0 Å². The molecule has 0 bridgehead atoms. The Hall–Kier alpha value is -2.42. The van der Waals surface area contributed by atoms with Gasteiger partial charge in [-0.05, 0) is 19.1 Å². The number of sulfonamides is 1. The smallest absolute Gasteiger partial charge is 0.347 e. The Kier molecular flexibility index (Phi) is 4.22. The van der Waals surface area contributed by atoms with Crippen molar-refractivity contribution >= 4 is 33.9 Å². The number of carbonyl (C=O) groups is 2. The zero-order chi connectivity index (χ0) is 15.5. The Labute approximate surface area is 121 Å². The van der Waals surface area contributed by atoms with Crippen LogP contribution in [0, 0.1) is 0 Å². The molecule has 1 unspecified atom stereocenters. The van der Waals surface area contributed by atoms with Crippen LogP contribution in [0.25, 0.3) is 0 Å². The van der Waals surface area contributed by atoms with Gasteiger partial charge in [-0.3, -0.25) is 14.8 Å². The minimum atomic E-state index is -4.09. The predicted octanol–water partition coefficient (Wildman–Crippen LogP) is 0.516. The van der Waals surface area contributed by atoms with Gasteiger partial charge in [-0.2, -0.15) is 0 Å². The van der Waals surface area contributed by atoms with Gasteiger partial charge in [0.2, 0.25) is 10.0 Å². The van der Waals surface area contributed by atoms with Crippen molar-refractivity contribution in [2.45, 2.75) is 12.2 Å². The second-order valence-electron chi connectivity index (χ2n) is 4.07. The first-order chi connectivity index (χ1) is 9.94. The molecule has 1 aromatic rings. The Morgan fingerprint density at radius 3 is 2.71 bits per heavy atom. The molecule has 2 N–H and O–H groups in total. The molecule has 9 heteroatoms. The molecule has 1 aliphatic heterocycles. The summed E-state index contributed by atoms with van der Waals surface area (Å²) < 4.78 is 32.0. The number of amides is 3. The molecule has 0 fully saturated rings. The van der Waals surface area contributed by atoms with Gasteiger partial charge in [0, 0.05) is 6.21 Å². The molecule has 8 nitrogen and oxygen atoms in total. The third-order valence-electron chi connectivity index (χ3n) is 2.59. The van der Waals surface area contributed by atoms with Gasteiger partial charge in [-0.15, -0.1) is 0 Å². The standard InChI is InChI=1S/C12H13N3O5S/c1-2-20-9-6-4-3-5-8(9)15-21(18,19)10-7-13-12(17)14-11(10)16/h3-7,10,15H,2H2,1H3,(H,14,16,17). The van der Waals surface area contributed by atoms with E-state index in [2.05, 4.69) is 9.71 Å². The molecule has 0 aromatic heterocycles. The number of para-hydroxylation sites is 2. The van der Waals surface area contributed by atoms with Gasteiger partial charge in [-0.25, -0.2) is 18.2 Å². The molecular weight excluding hydrogens is 298 g/mol. The molecule has 1 heterocycles. The lowest BCUT2D eigenvalue weighted by molar-refractivity contribution is -0.118. The van der Waals surface area contributed by atoms with Gasteiger partial charge >= 0.3 is 6.03 Å². The molecule has 0 aliphatic carbocycles. The first-order valence-corrected chi connectivity index (χ1v) is 7.61. The highest BCUT2D eigenvalue weighted by Crippen LogP contribution is 2.25. The van der Waals surface area contributed by atoms with Gasteiger partial charge in [0.1, 0.15) is 5.75 Å². The van der Waals surface area contributed by atoms with Crippen molar-refractivity contribution in [2.75, 3.05) is 11.3 Å². The molecule has 3 amide bonds. The van der Waals surface area contributed by atoms with Gasteiger partial charge < -0.3 is 4.74 Å². The van der Waals surface area contributed by atoms with Crippen molar-refractivity contribution in [2.24, 2.45) is 4.99 Å². The number of benzene rings is 1. The normalized spacial score (nSPS) is 18.2. The molecule has 1 atom stereocenters. The van der Waals surface area contributed by atoms with Crippen LogP contribution < -0.4 is 14.8 Å². The number of hydrogen-bond donors (Lipinski definition) is 2. The summed E-state index contributed by atoms with van der Waals surface area (Å²) in [6.07, 6.45) is 0.798. The highest BCUT2D eigenvalue weighted by atomic mass is 32.2. The number of ether oxygens (including phenoxy) is 1. The molecule has 1 aromatic carbocycles. The van der Waals surface area contributed by atoms with Crippen molar-refractivity contribution in [3.63, 3.8) is 0 Å². The largest absolute Gasteiger partial charge is 0.492 e. The third kappa shape index (κ3) is 3.37. The zero-order valence-electron chi connectivity index (χ0n) is 11.1. The van der Waals surface area contributed by atoms with E-state index in [1.54, 1.807) is 25.1 Å². The summed E-state index contributed by atoms with van der Waals surface area (Å²) in [7, 11) is -4.09. The topological polar surface area (TPSA) is 114 Å². The lowest BCUT2D eigenvalue weighted by Crippen LogP contribution is -2.48. The summed E-state index contributed by atoms with van der Waals surface area (Å²) in [5, 5.41) is 0.256. The number of anilines is 1. The molecular formula is C12H13N3O5S. The summed E-state index contributed by atoms with van der Waals surface area (Å²) in [5.74, 6) is -0.607. The third-order valence-corrected chi connectivity index (χ3v) is 4.10. The molecule has 21 heavy (non-hydrogen) atoms. The van der Waals surface area contributed by atoms with Gasteiger partial charge in [0.25, 0.3) is 5.91 Å². The lowest BCUT2D eigenvalue weighted by atomic mass is 10.3. The van der Waals surface area contributed by atoms with Crippen molar-refractivity contribution in [3.05, 3.63) is 24.3 Å². The average Bonchev–Trinajstić information content (AvgIpc) is 2.40. The molecule has 0 radical (unpaired) electrons. The van der Waals surface area contributed by atoms with Crippen molar-refractivity contribution < 1.29 is 22.7 Å². The highest BCUT2D eigenvalue weighted by Gasteiger charge is 2.35. The minimum absolute atomic E-state index is 0.206. The number of carbonyl (C=O) groups excluding carboxylic acids is 2. The predicted molar refractivity (Wildman–Crippen MR) is 76.0 cm³/mol. The Bertz CT molecular complexity index is 699. The maximum absolute atomic E-state index is 12.2. The highest BCUT2D eigenvalue weighted by molar-refractivity contribution is 7.94. The van der Waals surface area contributed by atoms with Crippen molar-refractivity contribution in [3.8, 4) is 5.75 Å². The fraction of sp³-hybridized carbons (Fsp3) is 0.250. The number of nitrogens with zero attached hydrogens (tertiary/aromatic N) is 1.